The Kier molecular flexibility index (Phi) is 25.9. The number of aliphatic carboxylic acids is 1. The molecule has 2 unspecified atom stereocenters. The van der Waals surface area contributed by atoms with Gasteiger partial charge < -0.3 is 24.0 Å². The zero-order valence-corrected chi connectivity index (χ0v) is 27.6. The summed E-state index contributed by atoms with van der Waals surface area (Å²) < 4.78 is 22.9. The molecule has 10 nitrogen and oxygen atoms in total. The Bertz CT molecular complexity index is 907. The van der Waals surface area contributed by atoms with E-state index in [9.17, 15) is 23.6 Å². The second kappa shape index (κ2) is 23.6. The number of carbonyl (C=O) groups is 4. The molecule has 1 aliphatic rings. The summed E-state index contributed by atoms with van der Waals surface area (Å²) in [6.07, 6.45) is 4.90. The van der Waals surface area contributed by atoms with E-state index in [1.54, 1.807) is 0 Å². The van der Waals surface area contributed by atoms with Crippen LogP contribution in [0.25, 0.3) is 0 Å². The Balaban J connectivity index is -0.000000288. The lowest BCUT2D eigenvalue weighted by Gasteiger charge is -2.25. The van der Waals surface area contributed by atoms with E-state index in [0.717, 1.165) is 36.8 Å². The van der Waals surface area contributed by atoms with E-state index in [-0.39, 0.29) is 56.3 Å². The molecule has 1 heterocycles. The van der Waals surface area contributed by atoms with Crippen molar-refractivity contribution in [2.24, 2.45) is 22.7 Å². The van der Waals surface area contributed by atoms with Gasteiger partial charge in [0.1, 0.15) is 0 Å². The minimum absolute atomic E-state index is 0. The number of carboxylic acid groups (broad SMARTS) is 1. The molecular weight excluding hydrogens is 570 g/mol. The van der Waals surface area contributed by atoms with Gasteiger partial charge in [0.25, 0.3) is 0 Å². The summed E-state index contributed by atoms with van der Waals surface area (Å²) >= 11 is 0. The minimum Gasteiger partial charge on any atom is -0.499 e. The van der Waals surface area contributed by atoms with Crippen molar-refractivity contribution in [1.82, 2.24) is 5.32 Å². The van der Waals surface area contributed by atoms with Crippen molar-refractivity contribution in [3.63, 3.8) is 0 Å². The number of carboxylic acids is 1. The molecule has 0 spiro atoms. The molecule has 1 amide bonds. The standard InChI is InChI=1S/C15H27NO3.C13H20O3.C2H6O3Si.2CH4/c1-6-15(4,5)10-11(3)8-12(9-13(17)18)14(19)16-7-2;1-5-13(3,4)8-9(2)6-10-7-11(14)16-12(10)15;1-4-6(3)5-2;;/h12H,3,6-10H2,1-2,4-5H3,(H,16,19)(H,17,18);10H,2,5-8H2,1,3-4H3;1-2H3;2*1H4. The van der Waals surface area contributed by atoms with E-state index in [1.807, 2.05) is 6.92 Å². The van der Waals surface area contributed by atoms with Gasteiger partial charge in [0.15, 0.2) is 0 Å². The highest BCUT2D eigenvalue weighted by Crippen LogP contribution is 2.33. The molecule has 2 N–H and O–H groups in total. The van der Waals surface area contributed by atoms with Gasteiger partial charge in [0.2, 0.25) is 5.91 Å². The molecule has 1 saturated heterocycles. The molecule has 2 atom stereocenters. The summed E-state index contributed by atoms with van der Waals surface area (Å²) in [4.78, 5) is 44.9. The lowest BCUT2D eigenvalue weighted by atomic mass is 9.81. The van der Waals surface area contributed by atoms with Crippen LogP contribution in [0.1, 0.15) is 115 Å². The van der Waals surface area contributed by atoms with Crippen molar-refractivity contribution in [3.8, 4) is 0 Å². The molecule has 1 fully saturated rings. The van der Waals surface area contributed by atoms with Gasteiger partial charge in [0.05, 0.1) is 38.9 Å². The maximum atomic E-state index is 11.8. The molecule has 11 heteroatoms. The van der Waals surface area contributed by atoms with Crippen LogP contribution in [0.5, 0.6) is 0 Å². The Morgan fingerprint density at radius 2 is 1.44 bits per heavy atom. The summed E-state index contributed by atoms with van der Waals surface area (Å²) in [5.74, 6) is -2.75. The van der Waals surface area contributed by atoms with E-state index in [0.29, 0.717) is 19.4 Å². The molecule has 0 radical (unpaired) electrons. The number of amides is 1. The fourth-order valence-electron chi connectivity index (χ4n) is 3.99. The van der Waals surface area contributed by atoms with Gasteiger partial charge in [0, 0.05) is 6.54 Å². The number of hydrogen-bond donors (Lipinski definition) is 2. The third kappa shape index (κ3) is 23.3. The summed E-state index contributed by atoms with van der Waals surface area (Å²) in [5.41, 5.74) is 2.34. The summed E-state index contributed by atoms with van der Waals surface area (Å²) in [5, 5.41) is 11.6. The summed E-state index contributed by atoms with van der Waals surface area (Å²) in [6.45, 7) is 23.2. The van der Waals surface area contributed by atoms with E-state index in [2.05, 4.69) is 73.6 Å². The van der Waals surface area contributed by atoms with E-state index >= 15 is 0 Å². The lowest BCUT2D eigenvalue weighted by molar-refractivity contribution is -0.153. The number of carbonyl (C=O) groups excluding carboxylic acids is 3. The molecular formula is C32H61NO9Si. The number of hydrogen-bond acceptors (Lipinski definition) is 8. The van der Waals surface area contributed by atoms with Crippen molar-refractivity contribution in [1.29, 1.82) is 0 Å². The van der Waals surface area contributed by atoms with Crippen LogP contribution in [-0.4, -0.2) is 58.9 Å². The first kappa shape index (κ1) is 47.1. The van der Waals surface area contributed by atoms with Crippen LogP contribution in [0.4, 0.5) is 0 Å². The largest absolute Gasteiger partial charge is 0.766 e. The average molecular weight is 632 g/mol. The van der Waals surface area contributed by atoms with Gasteiger partial charge in [-0.05, 0) is 43.4 Å². The van der Waals surface area contributed by atoms with Crippen molar-refractivity contribution in [2.45, 2.75) is 115 Å². The Morgan fingerprint density at radius 1 is 0.977 bits per heavy atom. The van der Waals surface area contributed by atoms with Gasteiger partial charge in [-0.3, -0.25) is 23.6 Å². The number of nitrogens with one attached hydrogen (secondary N) is 1. The van der Waals surface area contributed by atoms with Crippen molar-refractivity contribution in [3.05, 3.63) is 24.3 Å². The highest BCUT2D eigenvalue weighted by Gasteiger charge is 2.34. The predicted octanol–water partition coefficient (Wildman–Crippen LogP) is 6.80. The molecule has 0 aliphatic carbocycles. The van der Waals surface area contributed by atoms with Crippen LogP contribution >= 0.6 is 0 Å². The first-order chi connectivity index (χ1) is 18.9. The quantitative estimate of drug-likeness (QED) is 0.0812. The van der Waals surface area contributed by atoms with Crippen LogP contribution in [0.3, 0.4) is 0 Å². The Morgan fingerprint density at radius 3 is 1.77 bits per heavy atom. The molecule has 252 valence electrons. The lowest BCUT2D eigenvalue weighted by Crippen LogP contribution is -2.32. The normalized spacial score (nSPS) is 14.5. The molecule has 1 aliphatic heterocycles. The molecule has 1 rings (SSSR count). The first-order valence-electron chi connectivity index (χ1n) is 14.1. The topological polar surface area (TPSA) is 145 Å². The van der Waals surface area contributed by atoms with Gasteiger partial charge >= 0.3 is 27.1 Å². The number of rotatable bonds is 16. The fraction of sp³-hybridized carbons (Fsp3) is 0.750. The van der Waals surface area contributed by atoms with Gasteiger partial charge in [-0.1, -0.05) is 93.5 Å². The fourth-order valence-corrected chi connectivity index (χ4v) is 4.16. The highest BCUT2D eigenvalue weighted by atomic mass is 28.3. The SMILES string of the molecule is C.C.C=C(CC(CC(=O)O)C(=O)NCC)CC(C)(C)CC.C=C(CC1CC(=O)OC1=O)CC(C)(C)CC.CO[Si](=O)OC. The van der Waals surface area contributed by atoms with Crippen LogP contribution in [-0.2, 0) is 37.2 Å². The van der Waals surface area contributed by atoms with Crippen molar-refractivity contribution < 1.29 is 42.3 Å². The zero-order chi connectivity index (χ0) is 32.4. The summed E-state index contributed by atoms with van der Waals surface area (Å²) in [6, 6.07) is 0. The van der Waals surface area contributed by atoms with Gasteiger partial charge in [-0.25, -0.2) is 0 Å². The highest BCUT2D eigenvalue weighted by molar-refractivity contribution is 6.25. The average Bonchev–Trinajstić information content (AvgIpc) is 3.18. The molecule has 0 aromatic rings. The maximum Gasteiger partial charge on any atom is 0.766 e. The molecule has 43 heavy (non-hydrogen) atoms. The second-order valence-corrected chi connectivity index (χ2v) is 13.2. The number of cyclic esters (lactones) is 2. The van der Waals surface area contributed by atoms with Gasteiger partial charge in [-0.2, -0.15) is 0 Å². The third-order valence-corrected chi connectivity index (χ3v) is 7.55. The number of allylic oxidation sites excluding steroid dienone is 2. The Labute approximate surface area is 262 Å². The number of esters is 2. The maximum absolute atomic E-state index is 11.8. The van der Waals surface area contributed by atoms with E-state index in [4.69, 9.17) is 5.11 Å². The number of ether oxygens (including phenoxy) is 1. The van der Waals surface area contributed by atoms with Crippen LogP contribution in [0, 0.1) is 22.7 Å². The zero-order valence-electron chi connectivity index (χ0n) is 26.6. The summed E-state index contributed by atoms with van der Waals surface area (Å²) in [7, 11) is 0.558. The smallest absolute Gasteiger partial charge is 0.499 e. The molecule has 0 bridgehead atoms. The second-order valence-electron chi connectivity index (χ2n) is 11.8. The van der Waals surface area contributed by atoms with E-state index in [1.165, 1.54) is 14.2 Å². The van der Waals surface area contributed by atoms with Gasteiger partial charge in [-0.15, -0.1) is 0 Å². The monoisotopic (exact) mass is 631 g/mol. The van der Waals surface area contributed by atoms with Crippen LogP contribution in [0.2, 0.25) is 0 Å². The van der Waals surface area contributed by atoms with Crippen LogP contribution in [0.15, 0.2) is 24.3 Å². The van der Waals surface area contributed by atoms with Crippen molar-refractivity contribution >= 4 is 33.0 Å². The first-order valence-corrected chi connectivity index (χ1v) is 15.3. The van der Waals surface area contributed by atoms with E-state index < -0.39 is 27.0 Å². The Hall–Kier alpha value is -2.82. The molecule has 0 aromatic heterocycles. The molecule has 0 saturated carbocycles. The van der Waals surface area contributed by atoms with Crippen molar-refractivity contribution in [2.75, 3.05) is 20.8 Å². The predicted molar refractivity (Wildman–Crippen MR) is 172 cm³/mol. The molecule has 0 aromatic carbocycles. The minimum atomic E-state index is -2.12. The van der Waals surface area contributed by atoms with Crippen LogP contribution < -0.4 is 5.32 Å². The third-order valence-electron chi connectivity index (χ3n) is 6.88.